The van der Waals surface area contributed by atoms with Gasteiger partial charge in [0.05, 0.1) is 12.3 Å². The Hall–Kier alpha value is -4.51. The van der Waals surface area contributed by atoms with Crippen LogP contribution in [0.2, 0.25) is 0 Å². The maximum atomic E-state index is 13.3. The number of ether oxygens (including phenoxy) is 1. The van der Waals surface area contributed by atoms with Crippen molar-refractivity contribution < 1.29 is 36.1 Å². The summed E-state index contributed by atoms with van der Waals surface area (Å²) in [5.74, 6) is -2.43. The summed E-state index contributed by atoms with van der Waals surface area (Å²) in [6.45, 7) is 1.86. The van der Waals surface area contributed by atoms with Crippen LogP contribution in [-0.2, 0) is 19.7 Å². The van der Waals surface area contributed by atoms with Gasteiger partial charge in [-0.1, -0.05) is 24.3 Å². The van der Waals surface area contributed by atoms with Gasteiger partial charge >= 0.3 is 16.1 Å². The highest BCUT2D eigenvalue weighted by Gasteiger charge is 2.36. The lowest BCUT2D eigenvalue weighted by molar-refractivity contribution is -0.122. The number of carbonyl (C=O) groups excluding carboxylic acids is 3. The molecule has 0 aromatic heterocycles. The zero-order chi connectivity index (χ0) is 25.9. The second kappa shape index (κ2) is 10.0. The van der Waals surface area contributed by atoms with Gasteiger partial charge in [0.1, 0.15) is 16.3 Å². The van der Waals surface area contributed by atoms with Crippen molar-refractivity contribution in [2.75, 3.05) is 11.5 Å². The third-order valence-corrected chi connectivity index (χ3v) is 6.24. The topological polar surface area (TPSA) is 119 Å². The second-order valence-corrected chi connectivity index (χ2v) is 8.97. The summed E-state index contributed by atoms with van der Waals surface area (Å²) >= 11 is 0. The molecule has 4 rings (SSSR count). The van der Waals surface area contributed by atoms with Gasteiger partial charge in [0, 0.05) is 0 Å². The molecule has 0 saturated carbocycles. The van der Waals surface area contributed by atoms with Gasteiger partial charge in [-0.3, -0.25) is 14.9 Å². The molecule has 4 amide bonds. The number of urea groups is 1. The molecule has 0 aliphatic carbocycles. The van der Waals surface area contributed by atoms with Gasteiger partial charge in [-0.2, -0.15) is 8.42 Å². The third-order valence-electron chi connectivity index (χ3n) is 5.00. The fourth-order valence-electron chi connectivity index (χ4n) is 3.35. The van der Waals surface area contributed by atoms with E-state index in [2.05, 4.69) is 5.32 Å². The quantitative estimate of drug-likeness (QED) is 0.293. The molecule has 0 spiro atoms. The van der Waals surface area contributed by atoms with Crippen LogP contribution in [0.15, 0.2) is 83.3 Å². The molecule has 1 aliphatic rings. The van der Waals surface area contributed by atoms with Crippen LogP contribution < -0.4 is 19.1 Å². The molecule has 0 bridgehead atoms. The van der Waals surface area contributed by atoms with Crippen molar-refractivity contribution in [3.8, 4) is 11.5 Å². The highest BCUT2D eigenvalue weighted by Crippen LogP contribution is 2.32. The number of nitrogens with zero attached hydrogens (tertiary/aromatic N) is 1. The Bertz CT molecular complexity index is 1470. The highest BCUT2D eigenvalue weighted by molar-refractivity contribution is 7.87. The maximum Gasteiger partial charge on any atom is 0.339 e. The van der Waals surface area contributed by atoms with Crippen molar-refractivity contribution in [1.29, 1.82) is 0 Å². The van der Waals surface area contributed by atoms with E-state index >= 15 is 0 Å². The number of hydrogen-bond acceptors (Lipinski definition) is 7. The van der Waals surface area contributed by atoms with E-state index in [0.29, 0.717) is 10.5 Å². The van der Waals surface area contributed by atoms with E-state index in [9.17, 15) is 27.2 Å². The van der Waals surface area contributed by atoms with E-state index in [1.807, 2.05) is 0 Å². The van der Waals surface area contributed by atoms with Crippen molar-refractivity contribution in [3.63, 3.8) is 0 Å². The number of hydrogen-bond donors (Lipinski definition) is 1. The number of benzene rings is 3. The molecule has 0 unspecified atom stereocenters. The van der Waals surface area contributed by atoms with Crippen molar-refractivity contribution >= 4 is 39.7 Å². The predicted molar refractivity (Wildman–Crippen MR) is 127 cm³/mol. The SMILES string of the molecule is CCOc1cc(/C=C2\C(=O)NC(=O)N(c3ccc(F)cc3)C2=O)ccc1OS(=O)(=O)c1ccccc1. The normalized spacial score (nSPS) is 15.1. The van der Waals surface area contributed by atoms with E-state index in [1.165, 1.54) is 48.5 Å². The first-order chi connectivity index (χ1) is 17.2. The summed E-state index contributed by atoms with van der Waals surface area (Å²) in [5, 5.41) is 2.07. The van der Waals surface area contributed by atoms with E-state index in [0.717, 1.165) is 12.1 Å². The standard InChI is InChI=1S/C25H19FN2O7S/c1-2-34-22-15-16(8-13-21(22)35-36(32,33)19-6-4-3-5-7-19)14-20-23(29)27-25(31)28(24(20)30)18-11-9-17(26)10-12-18/h3-15H,2H2,1H3,(H,27,29,31)/b20-14+. The molecule has 3 aromatic carbocycles. The van der Waals surface area contributed by atoms with Crippen molar-refractivity contribution in [3.05, 3.63) is 89.8 Å². The Labute approximate surface area is 205 Å². The fraction of sp³-hybridized carbons (Fsp3) is 0.0800. The molecule has 0 atom stereocenters. The number of carbonyl (C=O) groups is 3. The minimum atomic E-state index is -4.14. The number of amides is 4. The van der Waals surface area contributed by atoms with Crippen LogP contribution in [0.3, 0.4) is 0 Å². The number of barbiturate groups is 1. The minimum Gasteiger partial charge on any atom is -0.490 e. The van der Waals surface area contributed by atoms with E-state index in [4.69, 9.17) is 8.92 Å². The average Bonchev–Trinajstić information content (AvgIpc) is 2.85. The molecule has 3 aromatic rings. The molecule has 9 nitrogen and oxygen atoms in total. The van der Waals surface area contributed by atoms with Crippen molar-refractivity contribution in [1.82, 2.24) is 5.32 Å². The van der Waals surface area contributed by atoms with Gasteiger partial charge in [0.15, 0.2) is 11.5 Å². The third kappa shape index (κ3) is 5.10. The summed E-state index contributed by atoms with van der Waals surface area (Å²) < 4.78 is 49.3. The van der Waals surface area contributed by atoms with Gasteiger partial charge in [-0.15, -0.1) is 0 Å². The van der Waals surface area contributed by atoms with E-state index in [1.54, 1.807) is 25.1 Å². The second-order valence-electron chi connectivity index (χ2n) is 7.42. The van der Waals surface area contributed by atoms with Crippen LogP contribution in [0.5, 0.6) is 11.5 Å². The average molecular weight is 510 g/mol. The molecule has 184 valence electrons. The number of imide groups is 2. The molecular formula is C25H19FN2O7S. The number of rotatable bonds is 7. The Morgan fingerprint density at radius 1 is 0.944 bits per heavy atom. The molecule has 1 saturated heterocycles. The van der Waals surface area contributed by atoms with Crippen LogP contribution in [-0.4, -0.2) is 32.9 Å². The Balaban J connectivity index is 1.67. The van der Waals surface area contributed by atoms with Crippen molar-refractivity contribution in [2.24, 2.45) is 0 Å². The zero-order valence-electron chi connectivity index (χ0n) is 18.8. The van der Waals surface area contributed by atoms with Gasteiger partial charge < -0.3 is 8.92 Å². The molecule has 36 heavy (non-hydrogen) atoms. The molecule has 11 heteroatoms. The van der Waals surface area contributed by atoms with Crippen LogP contribution in [0.4, 0.5) is 14.9 Å². The van der Waals surface area contributed by atoms with Crippen LogP contribution >= 0.6 is 0 Å². The largest absolute Gasteiger partial charge is 0.490 e. The monoisotopic (exact) mass is 510 g/mol. The van der Waals surface area contributed by atoms with Crippen molar-refractivity contribution in [2.45, 2.75) is 11.8 Å². The maximum absolute atomic E-state index is 13.3. The van der Waals surface area contributed by atoms with Gasteiger partial charge in [-0.05, 0) is 67.1 Å². The first-order valence-corrected chi connectivity index (χ1v) is 12.0. The Kier molecular flexibility index (Phi) is 6.84. The smallest absolute Gasteiger partial charge is 0.339 e. The molecule has 0 radical (unpaired) electrons. The van der Waals surface area contributed by atoms with E-state index in [-0.39, 0.29) is 34.3 Å². The summed E-state index contributed by atoms with van der Waals surface area (Å²) in [7, 11) is -4.14. The summed E-state index contributed by atoms with van der Waals surface area (Å²) in [4.78, 5) is 38.4. The van der Waals surface area contributed by atoms with Crippen LogP contribution in [0.1, 0.15) is 12.5 Å². The summed E-state index contributed by atoms with van der Waals surface area (Å²) in [6, 6.07) is 15.3. The minimum absolute atomic E-state index is 0.0475. The number of anilines is 1. The molecule has 1 fully saturated rings. The Morgan fingerprint density at radius 3 is 2.31 bits per heavy atom. The summed E-state index contributed by atoms with van der Waals surface area (Å²) in [5.41, 5.74) is 0.00364. The fourth-order valence-corrected chi connectivity index (χ4v) is 4.31. The van der Waals surface area contributed by atoms with Gasteiger partial charge in [0.25, 0.3) is 11.8 Å². The zero-order valence-corrected chi connectivity index (χ0v) is 19.6. The van der Waals surface area contributed by atoms with E-state index < -0.39 is 33.8 Å². The number of nitrogens with one attached hydrogen (secondary N) is 1. The molecular weight excluding hydrogens is 491 g/mol. The predicted octanol–water partition coefficient (Wildman–Crippen LogP) is 3.66. The first-order valence-electron chi connectivity index (χ1n) is 10.6. The van der Waals surface area contributed by atoms with Crippen LogP contribution in [0, 0.1) is 5.82 Å². The first kappa shape index (κ1) is 24.6. The van der Waals surface area contributed by atoms with Crippen LogP contribution in [0.25, 0.3) is 6.08 Å². The lowest BCUT2D eigenvalue weighted by atomic mass is 10.1. The molecule has 1 aliphatic heterocycles. The lowest BCUT2D eigenvalue weighted by Crippen LogP contribution is -2.54. The molecule has 1 heterocycles. The number of halogens is 1. The summed E-state index contributed by atoms with van der Waals surface area (Å²) in [6.07, 6.45) is 1.22. The lowest BCUT2D eigenvalue weighted by Gasteiger charge is -2.26. The van der Waals surface area contributed by atoms with Gasteiger partial charge in [-0.25, -0.2) is 14.1 Å². The molecule has 1 N–H and O–H groups in total. The highest BCUT2D eigenvalue weighted by atomic mass is 32.2. The Morgan fingerprint density at radius 2 is 1.64 bits per heavy atom. The van der Waals surface area contributed by atoms with Gasteiger partial charge in [0.2, 0.25) is 0 Å².